The molecule has 0 bridgehead atoms. The smallest absolute Gasteiger partial charge is 0.338 e. The van der Waals surface area contributed by atoms with E-state index in [2.05, 4.69) is 10.3 Å². The second-order valence-electron chi connectivity index (χ2n) is 8.20. The Labute approximate surface area is 196 Å². The van der Waals surface area contributed by atoms with Gasteiger partial charge in [-0.25, -0.2) is 14.2 Å². The number of aromatic carboxylic acids is 1. The summed E-state index contributed by atoms with van der Waals surface area (Å²) in [4.78, 5) is 28.7. The van der Waals surface area contributed by atoms with Gasteiger partial charge in [0.1, 0.15) is 17.5 Å². The maximum Gasteiger partial charge on any atom is 0.338 e. The van der Waals surface area contributed by atoms with E-state index in [1.165, 1.54) is 30.3 Å². The normalized spacial score (nSPS) is 14.9. The third-order valence-electron chi connectivity index (χ3n) is 6.07. The van der Waals surface area contributed by atoms with Gasteiger partial charge in [-0.2, -0.15) is 5.26 Å². The highest BCUT2D eigenvalue weighted by atomic mass is 19.1. The average Bonchev–Trinajstić information content (AvgIpc) is 3.32. The Morgan fingerprint density at radius 2 is 1.74 bits per heavy atom. The second-order valence-corrected chi connectivity index (χ2v) is 8.20. The number of aromatic nitrogens is 1. The first kappa shape index (κ1) is 22.9. The van der Waals surface area contributed by atoms with Crippen molar-refractivity contribution in [3.63, 3.8) is 0 Å². The lowest BCUT2D eigenvalue weighted by Crippen LogP contribution is -2.44. The van der Waals surface area contributed by atoms with Crippen LogP contribution >= 0.6 is 0 Å². The Bertz CT molecular complexity index is 1310. The zero-order valence-electron chi connectivity index (χ0n) is 18.3. The van der Waals surface area contributed by atoms with Crippen molar-refractivity contribution in [2.75, 3.05) is 0 Å². The number of carbonyl (C=O) groups is 2. The number of nitrogens with zero attached hydrogens (tertiary/aromatic N) is 2. The second kappa shape index (κ2) is 9.67. The van der Waals surface area contributed by atoms with Crippen LogP contribution in [0.4, 0.5) is 4.39 Å². The van der Waals surface area contributed by atoms with Crippen LogP contribution in [0, 0.1) is 17.1 Å². The lowest BCUT2D eigenvalue weighted by atomic mass is 9.88. The zero-order chi connectivity index (χ0) is 24.1. The summed E-state index contributed by atoms with van der Waals surface area (Å²) in [6.45, 7) is 0. The van der Waals surface area contributed by atoms with Crippen LogP contribution in [0.15, 0.2) is 72.3 Å². The highest BCUT2D eigenvalue weighted by Crippen LogP contribution is 2.39. The van der Waals surface area contributed by atoms with Gasteiger partial charge in [0.15, 0.2) is 0 Å². The number of nitrogens with one attached hydrogen (secondary N) is 1. The largest absolute Gasteiger partial charge is 0.478 e. The molecule has 170 valence electrons. The van der Waals surface area contributed by atoms with Gasteiger partial charge in [-0.15, -0.1) is 0 Å². The van der Waals surface area contributed by atoms with Crippen molar-refractivity contribution in [2.24, 2.45) is 0 Å². The Hall–Kier alpha value is -4.31. The van der Waals surface area contributed by atoms with Gasteiger partial charge in [0.2, 0.25) is 0 Å². The summed E-state index contributed by atoms with van der Waals surface area (Å²) >= 11 is 0. The molecule has 3 aromatic rings. The maximum atomic E-state index is 14.7. The fourth-order valence-corrected chi connectivity index (χ4v) is 4.38. The number of carbonyl (C=O) groups excluding carboxylic acids is 1. The molecule has 0 radical (unpaired) electrons. The molecule has 4 rings (SSSR count). The summed E-state index contributed by atoms with van der Waals surface area (Å²) in [5.41, 5.74) is 0.406. The van der Waals surface area contributed by atoms with E-state index in [-0.39, 0.29) is 22.5 Å². The van der Waals surface area contributed by atoms with Gasteiger partial charge in [0.05, 0.1) is 22.5 Å². The monoisotopic (exact) mass is 455 g/mol. The molecule has 0 atom stereocenters. The Kier molecular flexibility index (Phi) is 6.51. The third kappa shape index (κ3) is 4.57. The molecule has 1 saturated carbocycles. The summed E-state index contributed by atoms with van der Waals surface area (Å²) in [5.74, 6) is -2.77. The van der Waals surface area contributed by atoms with E-state index in [4.69, 9.17) is 0 Å². The van der Waals surface area contributed by atoms with Crippen LogP contribution in [-0.4, -0.2) is 22.0 Å². The summed E-state index contributed by atoms with van der Waals surface area (Å²) in [6, 6.07) is 20.5. The molecule has 0 spiro atoms. The van der Waals surface area contributed by atoms with Crippen molar-refractivity contribution in [2.45, 2.75) is 31.2 Å². The molecule has 6 nitrogen and oxygen atoms in total. The van der Waals surface area contributed by atoms with E-state index in [1.54, 1.807) is 12.1 Å². The van der Waals surface area contributed by atoms with Gasteiger partial charge >= 0.3 is 5.97 Å². The van der Waals surface area contributed by atoms with Crippen LogP contribution in [-0.2, 0) is 10.3 Å². The molecule has 1 amide bonds. The van der Waals surface area contributed by atoms with Crippen LogP contribution in [0.3, 0.4) is 0 Å². The Morgan fingerprint density at radius 1 is 1.03 bits per heavy atom. The highest BCUT2D eigenvalue weighted by Gasteiger charge is 2.37. The number of pyridine rings is 1. The molecule has 7 heteroatoms. The number of carboxylic acid groups (broad SMARTS) is 1. The molecule has 1 aliphatic carbocycles. The number of rotatable bonds is 6. The van der Waals surface area contributed by atoms with Gasteiger partial charge in [-0.1, -0.05) is 55.3 Å². The average molecular weight is 455 g/mol. The lowest BCUT2D eigenvalue weighted by Gasteiger charge is -2.31. The first-order valence-electron chi connectivity index (χ1n) is 10.9. The first-order chi connectivity index (χ1) is 16.4. The van der Waals surface area contributed by atoms with Gasteiger partial charge in [-0.05, 0) is 48.7 Å². The van der Waals surface area contributed by atoms with E-state index >= 15 is 0 Å². The molecule has 1 aromatic heterocycles. The van der Waals surface area contributed by atoms with Crippen LogP contribution in [0.25, 0.3) is 17.3 Å². The van der Waals surface area contributed by atoms with Crippen LogP contribution in [0.2, 0.25) is 0 Å². The van der Waals surface area contributed by atoms with E-state index in [0.29, 0.717) is 0 Å². The van der Waals surface area contributed by atoms with Crippen molar-refractivity contribution in [1.82, 2.24) is 10.3 Å². The van der Waals surface area contributed by atoms with Gasteiger partial charge < -0.3 is 10.4 Å². The molecule has 1 heterocycles. The van der Waals surface area contributed by atoms with Crippen molar-refractivity contribution in [3.05, 3.63) is 94.9 Å². The molecule has 0 aliphatic heterocycles. The Morgan fingerprint density at radius 3 is 2.41 bits per heavy atom. The molecule has 0 saturated heterocycles. The summed E-state index contributed by atoms with van der Waals surface area (Å²) in [6.07, 6.45) is 4.88. The zero-order valence-corrected chi connectivity index (χ0v) is 18.3. The fourth-order valence-electron chi connectivity index (χ4n) is 4.38. The van der Waals surface area contributed by atoms with Gasteiger partial charge in [0.25, 0.3) is 5.91 Å². The number of amides is 1. The van der Waals surface area contributed by atoms with Crippen LogP contribution in [0.5, 0.6) is 0 Å². The quantitative estimate of drug-likeness (QED) is 0.399. The van der Waals surface area contributed by atoms with E-state index < -0.39 is 28.8 Å². The minimum Gasteiger partial charge on any atom is -0.478 e. The molecule has 34 heavy (non-hydrogen) atoms. The minimum absolute atomic E-state index is 0.0205. The molecular weight excluding hydrogens is 433 g/mol. The number of carboxylic acids is 1. The minimum atomic E-state index is -1.38. The first-order valence-corrected chi connectivity index (χ1v) is 10.9. The third-order valence-corrected chi connectivity index (χ3v) is 6.07. The highest BCUT2D eigenvalue weighted by molar-refractivity contribution is 6.02. The number of halogens is 1. The van der Waals surface area contributed by atoms with Crippen LogP contribution < -0.4 is 5.32 Å². The predicted molar refractivity (Wildman–Crippen MR) is 125 cm³/mol. The summed E-state index contributed by atoms with van der Waals surface area (Å²) in [5, 5.41) is 21.9. The van der Waals surface area contributed by atoms with Crippen molar-refractivity contribution < 1.29 is 19.1 Å². The molecule has 1 aliphatic rings. The lowest BCUT2D eigenvalue weighted by molar-refractivity contribution is -0.119. The Balaban J connectivity index is 1.64. The molecule has 0 unspecified atom stereocenters. The van der Waals surface area contributed by atoms with Crippen molar-refractivity contribution in [3.8, 4) is 17.3 Å². The van der Waals surface area contributed by atoms with E-state index in [9.17, 15) is 24.3 Å². The summed E-state index contributed by atoms with van der Waals surface area (Å²) in [7, 11) is 0. The number of nitriles is 1. The van der Waals surface area contributed by atoms with E-state index in [1.807, 2.05) is 36.4 Å². The molecule has 2 N–H and O–H groups in total. The summed E-state index contributed by atoms with van der Waals surface area (Å²) < 4.78 is 14.7. The SMILES string of the molecule is N#C/C(=C\c1cccc(-c2cccc(C(=O)O)c2F)n1)C(=O)NC1(c2ccccc2)CCCC1. The molecule has 2 aromatic carbocycles. The maximum absolute atomic E-state index is 14.7. The van der Waals surface area contributed by atoms with Crippen molar-refractivity contribution >= 4 is 18.0 Å². The topological polar surface area (TPSA) is 103 Å². The predicted octanol–water partition coefficient (Wildman–Crippen LogP) is 5.08. The van der Waals surface area contributed by atoms with E-state index in [0.717, 1.165) is 31.2 Å². The molecule has 1 fully saturated rings. The number of benzene rings is 2. The van der Waals surface area contributed by atoms with Gasteiger partial charge in [-0.3, -0.25) is 4.79 Å². The molecular formula is C27H22FN3O3. The standard InChI is InChI=1S/C27H22FN3O3/c28-24-21(11-7-12-22(24)26(33)34)23-13-6-10-20(30-23)16-18(17-29)25(32)31-27(14-4-5-15-27)19-8-2-1-3-9-19/h1-3,6-13,16H,4-5,14-15H2,(H,31,32)(H,33,34)/b18-16+. The van der Waals surface area contributed by atoms with Crippen LogP contribution in [0.1, 0.15) is 47.3 Å². The van der Waals surface area contributed by atoms with Gasteiger partial charge in [0, 0.05) is 5.56 Å². The van der Waals surface area contributed by atoms with Crippen molar-refractivity contribution in [1.29, 1.82) is 5.26 Å². The fraction of sp³-hybridized carbons (Fsp3) is 0.185. The number of hydrogen-bond donors (Lipinski definition) is 2. The number of hydrogen-bond acceptors (Lipinski definition) is 4.